The number of amides is 2. The highest BCUT2D eigenvalue weighted by Gasteiger charge is 2.39. The van der Waals surface area contributed by atoms with Crippen LogP contribution in [0.5, 0.6) is 5.75 Å². The van der Waals surface area contributed by atoms with E-state index in [1.165, 1.54) is 37.0 Å². The van der Waals surface area contributed by atoms with E-state index >= 15 is 0 Å². The second-order valence-electron chi connectivity index (χ2n) is 6.43. The fourth-order valence-corrected chi connectivity index (χ4v) is 3.49. The van der Waals surface area contributed by atoms with Gasteiger partial charge < -0.3 is 10.1 Å². The fraction of sp³-hybridized carbons (Fsp3) is 0.556. The highest BCUT2D eigenvalue weighted by atomic mass is 16.5. The minimum absolute atomic E-state index is 0.138. The van der Waals surface area contributed by atoms with E-state index in [1.807, 2.05) is 0 Å². The van der Waals surface area contributed by atoms with Crippen LogP contribution in [-0.4, -0.2) is 31.5 Å². The SMILES string of the molecule is COc1ccc(N2C(=O)C[C@@H](NCC3CCCCC3)C2=O)cc1. The Hall–Kier alpha value is -1.88. The van der Waals surface area contributed by atoms with Gasteiger partial charge in [-0.25, -0.2) is 4.90 Å². The largest absolute Gasteiger partial charge is 0.497 e. The molecule has 1 N–H and O–H groups in total. The van der Waals surface area contributed by atoms with Crippen LogP contribution in [0.2, 0.25) is 0 Å². The minimum Gasteiger partial charge on any atom is -0.497 e. The Morgan fingerprint density at radius 1 is 1.13 bits per heavy atom. The second-order valence-corrected chi connectivity index (χ2v) is 6.43. The molecule has 0 radical (unpaired) electrons. The smallest absolute Gasteiger partial charge is 0.251 e. The van der Waals surface area contributed by atoms with Crippen LogP contribution in [0, 0.1) is 5.92 Å². The predicted molar refractivity (Wildman–Crippen MR) is 88.5 cm³/mol. The minimum atomic E-state index is -0.383. The van der Waals surface area contributed by atoms with Crippen molar-refractivity contribution < 1.29 is 14.3 Å². The van der Waals surface area contributed by atoms with Crippen molar-refractivity contribution in [1.29, 1.82) is 0 Å². The van der Waals surface area contributed by atoms with Gasteiger partial charge in [-0.15, -0.1) is 0 Å². The van der Waals surface area contributed by atoms with Crippen LogP contribution in [0.15, 0.2) is 24.3 Å². The number of carbonyl (C=O) groups is 2. The maximum Gasteiger partial charge on any atom is 0.251 e. The van der Waals surface area contributed by atoms with Gasteiger partial charge in [0.15, 0.2) is 0 Å². The van der Waals surface area contributed by atoms with E-state index in [0.717, 1.165) is 6.54 Å². The van der Waals surface area contributed by atoms with Crippen LogP contribution in [0.25, 0.3) is 0 Å². The number of methoxy groups -OCH3 is 1. The molecular weight excluding hydrogens is 292 g/mol. The summed E-state index contributed by atoms with van der Waals surface area (Å²) in [6.45, 7) is 0.833. The first-order valence-corrected chi connectivity index (χ1v) is 8.43. The number of nitrogens with one attached hydrogen (secondary N) is 1. The molecule has 1 aromatic carbocycles. The summed E-state index contributed by atoms with van der Waals surface area (Å²) in [5, 5.41) is 3.32. The van der Waals surface area contributed by atoms with Gasteiger partial charge >= 0.3 is 0 Å². The van der Waals surface area contributed by atoms with E-state index in [4.69, 9.17) is 4.74 Å². The lowest BCUT2D eigenvalue weighted by Crippen LogP contribution is -2.41. The zero-order valence-corrected chi connectivity index (χ0v) is 13.6. The molecule has 2 aliphatic rings. The van der Waals surface area contributed by atoms with Crippen molar-refractivity contribution in [2.24, 2.45) is 5.92 Å². The lowest BCUT2D eigenvalue weighted by molar-refractivity contribution is -0.121. The fourth-order valence-electron chi connectivity index (χ4n) is 3.49. The number of carbonyl (C=O) groups excluding carboxylic acids is 2. The number of rotatable bonds is 5. The molecule has 5 nitrogen and oxygen atoms in total. The Labute approximate surface area is 137 Å². The number of hydrogen-bond donors (Lipinski definition) is 1. The molecule has 23 heavy (non-hydrogen) atoms. The maximum atomic E-state index is 12.6. The molecule has 2 fully saturated rings. The molecule has 3 rings (SSSR count). The van der Waals surface area contributed by atoms with E-state index in [1.54, 1.807) is 31.4 Å². The summed E-state index contributed by atoms with van der Waals surface area (Å²) in [6, 6.07) is 6.64. The monoisotopic (exact) mass is 316 g/mol. The van der Waals surface area contributed by atoms with Gasteiger partial charge in [0.1, 0.15) is 5.75 Å². The lowest BCUT2D eigenvalue weighted by atomic mass is 9.89. The normalized spacial score (nSPS) is 22.7. The van der Waals surface area contributed by atoms with Gasteiger partial charge in [0.25, 0.3) is 5.91 Å². The number of hydrogen-bond acceptors (Lipinski definition) is 4. The third-order valence-electron chi connectivity index (χ3n) is 4.85. The Kier molecular flexibility index (Phi) is 4.96. The number of ether oxygens (including phenoxy) is 1. The standard InChI is InChI=1S/C18H24N2O3/c1-23-15-9-7-14(8-10-15)20-17(21)11-16(18(20)22)19-12-13-5-3-2-4-6-13/h7-10,13,16,19H,2-6,11-12H2,1H3/t16-/m1/s1. The lowest BCUT2D eigenvalue weighted by Gasteiger charge is -2.23. The van der Waals surface area contributed by atoms with Gasteiger partial charge in [-0.3, -0.25) is 9.59 Å². The van der Waals surface area contributed by atoms with Crippen LogP contribution in [0.1, 0.15) is 38.5 Å². The van der Waals surface area contributed by atoms with Crippen molar-refractivity contribution in [3.8, 4) is 5.75 Å². The van der Waals surface area contributed by atoms with E-state index in [-0.39, 0.29) is 24.3 Å². The molecule has 1 aromatic rings. The molecule has 1 aliphatic heterocycles. The van der Waals surface area contributed by atoms with Gasteiger partial charge in [-0.05, 0) is 49.6 Å². The second kappa shape index (κ2) is 7.13. The quantitative estimate of drug-likeness (QED) is 0.848. The van der Waals surface area contributed by atoms with Crippen LogP contribution in [0.3, 0.4) is 0 Å². The molecule has 0 bridgehead atoms. The van der Waals surface area contributed by atoms with Crippen molar-refractivity contribution in [2.45, 2.75) is 44.6 Å². The third kappa shape index (κ3) is 3.55. The highest BCUT2D eigenvalue weighted by Crippen LogP contribution is 2.26. The molecule has 1 heterocycles. The average molecular weight is 316 g/mol. The number of benzene rings is 1. The van der Waals surface area contributed by atoms with Gasteiger partial charge in [-0.2, -0.15) is 0 Å². The van der Waals surface area contributed by atoms with Crippen LogP contribution < -0.4 is 15.0 Å². The van der Waals surface area contributed by atoms with Crippen molar-refractivity contribution in [1.82, 2.24) is 5.32 Å². The van der Waals surface area contributed by atoms with Crippen molar-refractivity contribution in [3.05, 3.63) is 24.3 Å². The van der Waals surface area contributed by atoms with Gasteiger partial charge in [-0.1, -0.05) is 19.3 Å². The van der Waals surface area contributed by atoms with Gasteiger partial charge in [0, 0.05) is 0 Å². The summed E-state index contributed by atoms with van der Waals surface area (Å²) in [5.74, 6) is 1.07. The maximum absolute atomic E-state index is 12.6. The number of nitrogens with zero attached hydrogens (tertiary/aromatic N) is 1. The first kappa shape index (κ1) is 16.0. The first-order valence-electron chi connectivity index (χ1n) is 8.43. The molecule has 124 valence electrons. The zero-order valence-electron chi connectivity index (χ0n) is 13.6. The highest BCUT2D eigenvalue weighted by molar-refractivity contribution is 6.22. The number of anilines is 1. The average Bonchev–Trinajstić information content (AvgIpc) is 2.88. The zero-order chi connectivity index (χ0) is 16.2. The molecule has 5 heteroatoms. The molecule has 1 atom stereocenters. The molecule has 0 spiro atoms. The first-order chi connectivity index (χ1) is 11.2. The van der Waals surface area contributed by atoms with E-state index in [0.29, 0.717) is 17.4 Å². The number of imide groups is 1. The summed E-state index contributed by atoms with van der Waals surface area (Å²) in [5.41, 5.74) is 0.614. The Morgan fingerprint density at radius 3 is 2.48 bits per heavy atom. The summed E-state index contributed by atoms with van der Waals surface area (Å²) < 4.78 is 5.11. The Morgan fingerprint density at radius 2 is 1.83 bits per heavy atom. The molecule has 1 aliphatic carbocycles. The summed E-state index contributed by atoms with van der Waals surface area (Å²) >= 11 is 0. The molecule has 1 saturated heterocycles. The predicted octanol–water partition coefficient (Wildman–Crippen LogP) is 2.50. The van der Waals surface area contributed by atoms with Gasteiger partial charge in [0.2, 0.25) is 5.91 Å². The third-order valence-corrected chi connectivity index (χ3v) is 4.85. The Balaban J connectivity index is 1.62. The molecule has 0 aromatic heterocycles. The summed E-state index contributed by atoms with van der Waals surface area (Å²) in [4.78, 5) is 26.1. The summed E-state index contributed by atoms with van der Waals surface area (Å²) in [6.07, 6.45) is 6.58. The van der Waals surface area contributed by atoms with Crippen LogP contribution in [0.4, 0.5) is 5.69 Å². The van der Waals surface area contributed by atoms with Crippen molar-refractivity contribution in [3.63, 3.8) is 0 Å². The summed E-state index contributed by atoms with van der Waals surface area (Å²) in [7, 11) is 1.59. The molecular formula is C18H24N2O3. The van der Waals surface area contributed by atoms with E-state index in [9.17, 15) is 9.59 Å². The van der Waals surface area contributed by atoms with Crippen molar-refractivity contribution in [2.75, 3.05) is 18.6 Å². The van der Waals surface area contributed by atoms with Gasteiger partial charge in [0.05, 0.1) is 25.3 Å². The van der Waals surface area contributed by atoms with Crippen molar-refractivity contribution >= 4 is 17.5 Å². The van der Waals surface area contributed by atoms with Crippen LogP contribution in [-0.2, 0) is 9.59 Å². The molecule has 2 amide bonds. The topological polar surface area (TPSA) is 58.6 Å². The molecule has 0 unspecified atom stereocenters. The van der Waals surface area contributed by atoms with Crippen LogP contribution >= 0.6 is 0 Å². The van der Waals surface area contributed by atoms with E-state index < -0.39 is 0 Å². The molecule has 1 saturated carbocycles. The van der Waals surface area contributed by atoms with E-state index in [2.05, 4.69) is 5.32 Å². The Bertz CT molecular complexity index is 564.